The van der Waals surface area contributed by atoms with Crippen molar-refractivity contribution in [2.75, 3.05) is 23.6 Å². The highest BCUT2D eigenvalue weighted by Gasteiger charge is 2.09. The fourth-order valence-electron chi connectivity index (χ4n) is 1.37. The lowest BCUT2D eigenvalue weighted by Gasteiger charge is -2.09. The van der Waals surface area contributed by atoms with Gasteiger partial charge in [-0.25, -0.2) is 8.42 Å². The molecule has 0 heterocycles. The summed E-state index contributed by atoms with van der Waals surface area (Å²) in [6, 6.07) is 6.91. The van der Waals surface area contributed by atoms with Gasteiger partial charge in [0.25, 0.3) is 0 Å². The maximum absolute atomic E-state index is 11.5. The van der Waals surface area contributed by atoms with Crippen molar-refractivity contribution < 1.29 is 13.2 Å². The number of nitrogens with two attached hydrogens (primary N) is 1. The molecule has 0 radical (unpaired) electrons. The van der Waals surface area contributed by atoms with Gasteiger partial charge in [0.05, 0.1) is 18.0 Å². The smallest absolute Gasteiger partial charge is 0.233 e. The molecule has 0 aliphatic heterocycles. The van der Waals surface area contributed by atoms with E-state index < -0.39 is 10.0 Å². The van der Waals surface area contributed by atoms with Gasteiger partial charge in [-0.2, -0.15) is 0 Å². The molecular weight excluding hydrogens is 252 g/mol. The monoisotopic (exact) mass is 272 g/mol. The van der Waals surface area contributed by atoms with Gasteiger partial charge in [-0.3, -0.25) is 4.72 Å². The lowest BCUT2D eigenvalue weighted by molar-refractivity contribution is 0.309. The average Bonchev–Trinajstić information content (AvgIpc) is 2.29. The Bertz CT molecular complexity index is 460. The molecule has 0 bridgehead atoms. The second-order valence-corrected chi connectivity index (χ2v) is 5.78. The molecule has 0 saturated carbocycles. The molecule has 0 spiro atoms. The first-order valence-corrected chi connectivity index (χ1v) is 7.66. The first-order valence-electron chi connectivity index (χ1n) is 6.01. The van der Waals surface area contributed by atoms with Crippen LogP contribution in [0.4, 0.5) is 5.69 Å². The van der Waals surface area contributed by atoms with E-state index in [1.807, 2.05) is 0 Å². The SMILES string of the molecule is CCCCOc1cccc(NS(=O)(=O)CCN)c1. The summed E-state index contributed by atoms with van der Waals surface area (Å²) in [5.41, 5.74) is 5.73. The lowest BCUT2D eigenvalue weighted by Crippen LogP contribution is -2.22. The highest BCUT2D eigenvalue weighted by molar-refractivity contribution is 7.92. The summed E-state index contributed by atoms with van der Waals surface area (Å²) in [4.78, 5) is 0. The first kappa shape index (κ1) is 14.8. The molecule has 1 rings (SSSR count). The van der Waals surface area contributed by atoms with E-state index in [2.05, 4.69) is 11.6 Å². The van der Waals surface area contributed by atoms with Crippen LogP contribution in [0.2, 0.25) is 0 Å². The van der Waals surface area contributed by atoms with E-state index in [-0.39, 0.29) is 12.3 Å². The molecule has 0 unspecified atom stereocenters. The van der Waals surface area contributed by atoms with Crippen molar-refractivity contribution in [3.05, 3.63) is 24.3 Å². The van der Waals surface area contributed by atoms with Crippen LogP contribution in [-0.2, 0) is 10.0 Å². The average molecular weight is 272 g/mol. The van der Waals surface area contributed by atoms with Crippen LogP contribution in [0, 0.1) is 0 Å². The summed E-state index contributed by atoms with van der Waals surface area (Å²) in [5, 5.41) is 0. The summed E-state index contributed by atoms with van der Waals surface area (Å²) >= 11 is 0. The molecule has 0 fully saturated rings. The van der Waals surface area contributed by atoms with Gasteiger partial charge < -0.3 is 10.5 Å². The van der Waals surface area contributed by atoms with Gasteiger partial charge >= 0.3 is 0 Å². The van der Waals surface area contributed by atoms with Crippen LogP contribution in [0.1, 0.15) is 19.8 Å². The number of hydrogen-bond acceptors (Lipinski definition) is 4. The highest BCUT2D eigenvalue weighted by Crippen LogP contribution is 2.18. The van der Waals surface area contributed by atoms with Crippen LogP contribution >= 0.6 is 0 Å². The maximum Gasteiger partial charge on any atom is 0.233 e. The van der Waals surface area contributed by atoms with E-state index in [9.17, 15) is 8.42 Å². The standard InChI is InChI=1S/C12H20N2O3S/c1-2-3-8-17-12-6-4-5-11(10-12)14-18(15,16)9-7-13/h4-6,10,14H,2-3,7-9,13H2,1H3. The molecule has 6 heteroatoms. The highest BCUT2D eigenvalue weighted by atomic mass is 32.2. The third-order valence-corrected chi connectivity index (χ3v) is 3.58. The van der Waals surface area contributed by atoms with Crippen molar-refractivity contribution in [1.82, 2.24) is 0 Å². The van der Waals surface area contributed by atoms with Gasteiger partial charge in [-0.05, 0) is 18.6 Å². The Morgan fingerprint density at radius 3 is 2.83 bits per heavy atom. The van der Waals surface area contributed by atoms with Gasteiger partial charge in [0.1, 0.15) is 5.75 Å². The maximum atomic E-state index is 11.5. The molecule has 102 valence electrons. The fourth-order valence-corrected chi connectivity index (χ4v) is 2.27. The number of anilines is 1. The minimum atomic E-state index is -3.36. The van der Waals surface area contributed by atoms with Gasteiger partial charge in [0, 0.05) is 12.6 Å². The minimum absolute atomic E-state index is 0.0894. The molecular formula is C12H20N2O3S. The Kier molecular flexibility index (Phi) is 5.94. The number of benzene rings is 1. The fraction of sp³-hybridized carbons (Fsp3) is 0.500. The number of sulfonamides is 1. The number of ether oxygens (including phenoxy) is 1. The molecule has 0 atom stereocenters. The predicted octanol–water partition coefficient (Wildman–Crippen LogP) is 1.57. The normalized spacial score (nSPS) is 11.2. The summed E-state index contributed by atoms with van der Waals surface area (Å²) in [7, 11) is -3.36. The van der Waals surface area contributed by atoms with Crippen molar-refractivity contribution >= 4 is 15.7 Å². The molecule has 5 nitrogen and oxygen atoms in total. The quantitative estimate of drug-likeness (QED) is 0.704. The lowest BCUT2D eigenvalue weighted by atomic mass is 10.3. The molecule has 0 amide bonds. The number of nitrogens with one attached hydrogen (secondary N) is 1. The Morgan fingerprint density at radius 2 is 2.17 bits per heavy atom. The Hall–Kier alpha value is -1.27. The summed E-state index contributed by atoms with van der Waals surface area (Å²) in [5.74, 6) is 0.574. The minimum Gasteiger partial charge on any atom is -0.494 e. The van der Waals surface area contributed by atoms with Crippen molar-refractivity contribution in [3.63, 3.8) is 0 Å². The van der Waals surface area contributed by atoms with Gasteiger partial charge in [-0.1, -0.05) is 19.4 Å². The molecule has 0 aromatic heterocycles. The summed E-state index contributed by atoms with van der Waals surface area (Å²) < 4.78 is 31.0. The van der Waals surface area contributed by atoms with Gasteiger partial charge in [0.15, 0.2) is 0 Å². The zero-order valence-electron chi connectivity index (χ0n) is 10.6. The third kappa shape index (κ3) is 5.37. The van der Waals surface area contributed by atoms with E-state index in [1.54, 1.807) is 24.3 Å². The molecule has 3 N–H and O–H groups in total. The van der Waals surface area contributed by atoms with Crippen molar-refractivity contribution in [3.8, 4) is 5.75 Å². The molecule has 1 aromatic rings. The second kappa shape index (κ2) is 7.23. The largest absolute Gasteiger partial charge is 0.494 e. The van der Waals surface area contributed by atoms with E-state index in [4.69, 9.17) is 10.5 Å². The third-order valence-electron chi connectivity index (χ3n) is 2.26. The molecule has 0 saturated heterocycles. The Balaban J connectivity index is 2.64. The number of unbranched alkanes of at least 4 members (excludes halogenated alkanes) is 1. The Morgan fingerprint density at radius 1 is 1.39 bits per heavy atom. The predicted molar refractivity (Wildman–Crippen MR) is 73.3 cm³/mol. The van der Waals surface area contributed by atoms with Crippen LogP contribution in [0.3, 0.4) is 0 Å². The molecule has 18 heavy (non-hydrogen) atoms. The summed E-state index contributed by atoms with van der Waals surface area (Å²) in [6.07, 6.45) is 2.03. The van der Waals surface area contributed by atoms with Crippen LogP contribution in [0.25, 0.3) is 0 Å². The van der Waals surface area contributed by atoms with E-state index in [0.29, 0.717) is 18.0 Å². The first-order chi connectivity index (χ1) is 8.57. The van der Waals surface area contributed by atoms with Crippen molar-refractivity contribution in [1.29, 1.82) is 0 Å². The molecule has 1 aromatic carbocycles. The zero-order chi connectivity index (χ0) is 13.4. The van der Waals surface area contributed by atoms with E-state index >= 15 is 0 Å². The van der Waals surface area contributed by atoms with Crippen LogP contribution < -0.4 is 15.2 Å². The van der Waals surface area contributed by atoms with Crippen LogP contribution in [-0.4, -0.2) is 27.3 Å². The van der Waals surface area contributed by atoms with Crippen LogP contribution in [0.5, 0.6) is 5.75 Å². The zero-order valence-corrected chi connectivity index (χ0v) is 11.4. The van der Waals surface area contributed by atoms with E-state index in [1.165, 1.54) is 0 Å². The Labute approximate surface area is 108 Å². The molecule has 0 aliphatic carbocycles. The van der Waals surface area contributed by atoms with Crippen LogP contribution in [0.15, 0.2) is 24.3 Å². The number of hydrogen-bond donors (Lipinski definition) is 2. The van der Waals surface area contributed by atoms with Gasteiger partial charge in [0.2, 0.25) is 10.0 Å². The van der Waals surface area contributed by atoms with Crippen molar-refractivity contribution in [2.24, 2.45) is 5.73 Å². The topological polar surface area (TPSA) is 81.4 Å². The number of rotatable bonds is 8. The summed E-state index contributed by atoms with van der Waals surface area (Å²) in [6.45, 7) is 2.82. The van der Waals surface area contributed by atoms with E-state index in [0.717, 1.165) is 12.8 Å². The van der Waals surface area contributed by atoms with Crippen molar-refractivity contribution in [2.45, 2.75) is 19.8 Å². The van der Waals surface area contributed by atoms with Gasteiger partial charge in [-0.15, -0.1) is 0 Å². The molecule has 0 aliphatic rings. The second-order valence-electron chi connectivity index (χ2n) is 3.94.